The van der Waals surface area contributed by atoms with E-state index in [2.05, 4.69) is 12.3 Å². The minimum Gasteiger partial charge on any atom is -0.273 e. The van der Waals surface area contributed by atoms with Crippen molar-refractivity contribution in [3.63, 3.8) is 0 Å². The molecule has 1 aliphatic rings. The number of rotatable bonds is 5. The molecule has 1 aromatic heterocycles. The molecule has 0 radical (unpaired) electrons. The smallest absolute Gasteiger partial charge is 0.273 e. The van der Waals surface area contributed by atoms with Crippen LogP contribution in [0.3, 0.4) is 0 Å². The molecule has 1 aromatic carbocycles. The molecule has 0 saturated heterocycles. The number of nitro groups is 1. The van der Waals surface area contributed by atoms with Crippen molar-refractivity contribution in [3.05, 3.63) is 55.8 Å². The van der Waals surface area contributed by atoms with Gasteiger partial charge >= 0.3 is 0 Å². The average Bonchev–Trinajstić information content (AvgIpc) is 3.03. The van der Waals surface area contributed by atoms with Crippen LogP contribution < -0.4 is 10.3 Å². The van der Waals surface area contributed by atoms with Crippen LogP contribution in [0.25, 0.3) is 0 Å². The van der Waals surface area contributed by atoms with Gasteiger partial charge in [0, 0.05) is 17.0 Å². The lowest BCUT2D eigenvalue weighted by atomic mass is 9.90. The number of carbonyl (C=O) groups is 1. The van der Waals surface area contributed by atoms with Crippen LogP contribution in [-0.4, -0.2) is 19.2 Å². The number of hydrazine groups is 1. The van der Waals surface area contributed by atoms with Crippen LogP contribution in [0.2, 0.25) is 0 Å². The first-order valence-corrected chi connectivity index (χ1v) is 10.2. The van der Waals surface area contributed by atoms with Crippen LogP contribution in [0.1, 0.15) is 33.5 Å². The second-order valence-electron chi connectivity index (χ2n) is 6.22. The number of nitrogens with one attached hydrogen (secondary N) is 2. The second-order valence-corrected chi connectivity index (χ2v) is 9.04. The fourth-order valence-corrected chi connectivity index (χ4v) is 4.74. The number of nitro benzene ring substituents is 1. The number of carbonyl (C=O) groups excluding carboxylic acids is 1. The van der Waals surface area contributed by atoms with Gasteiger partial charge in [0.2, 0.25) is 0 Å². The number of nitrogens with zero attached hydrogens (tertiary/aromatic N) is 1. The van der Waals surface area contributed by atoms with E-state index in [0.717, 1.165) is 49.1 Å². The highest BCUT2D eigenvalue weighted by Gasteiger charge is 2.22. The molecule has 0 aliphatic heterocycles. The third-order valence-electron chi connectivity index (χ3n) is 4.21. The third kappa shape index (κ3) is 3.92. The van der Waals surface area contributed by atoms with Crippen LogP contribution >= 0.6 is 11.3 Å². The fourth-order valence-electron chi connectivity index (χ4n) is 2.80. The zero-order valence-electron chi connectivity index (χ0n) is 13.9. The summed E-state index contributed by atoms with van der Waals surface area (Å²) in [6.07, 6.45) is 2.94. The Kier molecular flexibility index (Phi) is 5.08. The van der Waals surface area contributed by atoms with Gasteiger partial charge < -0.3 is 0 Å². The van der Waals surface area contributed by atoms with Gasteiger partial charge in [-0.3, -0.25) is 20.3 Å². The van der Waals surface area contributed by atoms with E-state index in [1.807, 2.05) is 10.9 Å². The number of fused-ring (bicyclic) bond motifs is 1. The summed E-state index contributed by atoms with van der Waals surface area (Å²) in [5.41, 5.74) is 3.13. The van der Waals surface area contributed by atoms with Crippen molar-refractivity contribution in [2.24, 2.45) is 5.92 Å². The van der Waals surface area contributed by atoms with Crippen molar-refractivity contribution in [1.82, 2.24) is 10.3 Å². The zero-order valence-corrected chi connectivity index (χ0v) is 15.5. The normalized spacial score (nSPS) is 16.7. The Morgan fingerprint density at radius 3 is 2.65 bits per heavy atom. The molecule has 3 rings (SSSR count). The van der Waals surface area contributed by atoms with Crippen LogP contribution in [0.5, 0.6) is 0 Å². The lowest BCUT2D eigenvalue weighted by Gasteiger charge is -2.16. The fraction of sp³-hybridized carbons (Fsp3) is 0.312. The SMILES string of the molecule is C[C@@H]1CCc2sc(C(=O)NNS(=O)(=O)c3ccc([N+](=O)[O-])cc3)cc2C1. The maximum absolute atomic E-state index is 12.2. The topological polar surface area (TPSA) is 118 Å². The molecule has 0 fully saturated rings. The van der Waals surface area contributed by atoms with Crippen LogP contribution in [0, 0.1) is 16.0 Å². The van der Waals surface area contributed by atoms with Crippen molar-refractivity contribution < 1.29 is 18.1 Å². The number of benzene rings is 1. The van der Waals surface area contributed by atoms with Crippen LogP contribution in [0.15, 0.2) is 35.2 Å². The lowest BCUT2D eigenvalue weighted by Crippen LogP contribution is -2.41. The molecule has 2 N–H and O–H groups in total. The number of amides is 1. The number of thiophene rings is 1. The molecule has 0 bridgehead atoms. The predicted octanol–water partition coefficient (Wildman–Crippen LogP) is 2.40. The van der Waals surface area contributed by atoms with Crippen LogP contribution in [-0.2, 0) is 22.9 Å². The highest BCUT2D eigenvalue weighted by Crippen LogP contribution is 2.32. The van der Waals surface area contributed by atoms with Gasteiger partial charge in [0.1, 0.15) is 0 Å². The predicted molar refractivity (Wildman–Crippen MR) is 96.4 cm³/mol. The molecule has 0 saturated carbocycles. The Hall–Kier alpha value is -2.30. The molecule has 1 atom stereocenters. The van der Waals surface area contributed by atoms with Gasteiger partial charge in [0.25, 0.3) is 21.6 Å². The minimum atomic E-state index is -4.02. The Bertz CT molecular complexity index is 951. The lowest BCUT2D eigenvalue weighted by molar-refractivity contribution is -0.384. The van der Waals surface area contributed by atoms with Crippen molar-refractivity contribution >= 4 is 33.0 Å². The molecule has 138 valence electrons. The summed E-state index contributed by atoms with van der Waals surface area (Å²) in [5, 5.41) is 10.6. The Morgan fingerprint density at radius 2 is 2.00 bits per heavy atom. The number of aryl methyl sites for hydroxylation is 1. The molecule has 2 aromatic rings. The summed E-state index contributed by atoms with van der Waals surface area (Å²) in [6.45, 7) is 2.17. The Balaban J connectivity index is 1.67. The van der Waals surface area contributed by atoms with E-state index in [-0.39, 0.29) is 10.6 Å². The summed E-state index contributed by atoms with van der Waals surface area (Å²) >= 11 is 1.38. The largest absolute Gasteiger partial charge is 0.276 e. The molecular formula is C16H17N3O5S2. The summed E-state index contributed by atoms with van der Waals surface area (Å²) < 4.78 is 24.4. The van der Waals surface area contributed by atoms with Crippen molar-refractivity contribution in [2.45, 2.75) is 31.1 Å². The number of non-ortho nitro benzene ring substituents is 1. The van der Waals surface area contributed by atoms with E-state index in [1.165, 1.54) is 16.2 Å². The van der Waals surface area contributed by atoms with E-state index < -0.39 is 20.9 Å². The summed E-state index contributed by atoms with van der Waals surface area (Å²) in [5.74, 6) is 0.0520. The Morgan fingerprint density at radius 1 is 1.31 bits per heavy atom. The standard InChI is InChI=1S/C16H17N3O5S2/c1-10-2-7-14-11(8-10)9-15(25-14)16(20)17-18-26(23,24)13-5-3-12(4-6-13)19(21)22/h3-6,9-10,18H,2,7-8H2,1H3,(H,17,20)/t10-/m1/s1. The molecule has 1 heterocycles. The van der Waals surface area contributed by atoms with Gasteiger partial charge in [0.05, 0.1) is 14.7 Å². The molecule has 26 heavy (non-hydrogen) atoms. The van der Waals surface area contributed by atoms with E-state index in [0.29, 0.717) is 10.8 Å². The summed E-state index contributed by atoms with van der Waals surface area (Å²) in [4.78, 5) is 25.7. The van der Waals surface area contributed by atoms with E-state index in [4.69, 9.17) is 0 Å². The highest BCUT2D eigenvalue weighted by atomic mass is 32.2. The monoisotopic (exact) mass is 395 g/mol. The maximum Gasteiger partial charge on any atom is 0.276 e. The number of hydrogen-bond donors (Lipinski definition) is 2. The van der Waals surface area contributed by atoms with Gasteiger partial charge in [0.15, 0.2) is 0 Å². The summed E-state index contributed by atoms with van der Waals surface area (Å²) in [7, 11) is -4.02. The van der Waals surface area contributed by atoms with Gasteiger partial charge in [-0.25, -0.2) is 8.42 Å². The third-order valence-corrected chi connectivity index (χ3v) is 6.71. The molecule has 0 spiro atoms. The maximum atomic E-state index is 12.2. The highest BCUT2D eigenvalue weighted by molar-refractivity contribution is 7.89. The molecular weight excluding hydrogens is 378 g/mol. The molecule has 8 nitrogen and oxygen atoms in total. The van der Waals surface area contributed by atoms with Crippen molar-refractivity contribution in [1.29, 1.82) is 0 Å². The Labute approximate surface area is 154 Å². The molecule has 1 aliphatic carbocycles. The van der Waals surface area contributed by atoms with E-state index in [9.17, 15) is 23.3 Å². The molecule has 10 heteroatoms. The van der Waals surface area contributed by atoms with Gasteiger partial charge in [-0.2, -0.15) is 0 Å². The quantitative estimate of drug-likeness (QED) is 0.595. The van der Waals surface area contributed by atoms with Crippen LogP contribution in [0.4, 0.5) is 5.69 Å². The van der Waals surface area contributed by atoms with Gasteiger partial charge in [-0.15, -0.1) is 16.2 Å². The zero-order chi connectivity index (χ0) is 18.9. The van der Waals surface area contributed by atoms with Crippen molar-refractivity contribution in [3.8, 4) is 0 Å². The van der Waals surface area contributed by atoms with Crippen molar-refractivity contribution in [2.75, 3.05) is 0 Å². The van der Waals surface area contributed by atoms with E-state index in [1.54, 1.807) is 0 Å². The summed E-state index contributed by atoms with van der Waals surface area (Å²) in [6, 6.07) is 6.20. The number of hydrogen-bond acceptors (Lipinski definition) is 6. The first-order valence-electron chi connectivity index (χ1n) is 7.94. The number of sulfonamides is 1. The average molecular weight is 395 g/mol. The second kappa shape index (κ2) is 7.14. The molecule has 0 unspecified atom stereocenters. The first kappa shape index (κ1) is 18.5. The van der Waals surface area contributed by atoms with E-state index >= 15 is 0 Å². The minimum absolute atomic E-state index is 0.178. The first-order chi connectivity index (χ1) is 12.3. The molecule has 1 amide bonds. The van der Waals surface area contributed by atoms with Gasteiger partial charge in [-0.05, 0) is 48.9 Å². The van der Waals surface area contributed by atoms with Gasteiger partial charge in [-0.1, -0.05) is 6.92 Å².